The van der Waals surface area contributed by atoms with Crippen molar-refractivity contribution in [3.8, 4) is 0 Å². The molecule has 3 aromatic heterocycles. The minimum atomic E-state index is 0.0595. The first kappa shape index (κ1) is 17.4. The summed E-state index contributed by atoms with van der Waals surface area (Å²) >= 11 is 0. The van der Waals surface area contributed by atoms with Crippen molar-refractivity contribution in [3.63, 3.8) is 0 Å². The predicted octanol–water partition coefficient (Wildman–Crippen LogP) is 2.39. The van der Waals surface area contributed by atoms with Gasteiger partial charge in [0.15, 0.2) is 5.82 Å². The fourth-order valence-electron chi connectivity index (χ4n) is 4.58. The van der Waals surface area contributed by atoms with Gasteiger partial charge in [0, 0.05) is 38.1 Å². The molecule has 7 nitrogen and oxygen atoms in total. The molecule has 5 rings (SSSR count). The Morgan fingerprint density at radius 1 is 1.11 bits per heavy atom. The van der Waals surface area contributed by atoms with E-state index >= 15 is 0 Å². The van der Waals surface area contributed by atoms with Gasteiger partial charge in [-0.1, -0.05) is 0 Å². The van der Waals surface area contributed by atoms with Gasteiger partial charge in [0.05, 0.1) is 11.4 Å². The second-order valence-electron chi connectivity index (χ2n) is 8.14. The summed E-state index contributed by atoms with van der Waals surface area (Å²) in [5.41, 5.74) is 4.42. The van der Waals surface area contributed by atoms with Crippen molar-refractivity contribution in [1.82, 2.24) is 24.4 Å². The highest BCUT2D eigenvalue weighted by molar-refractivity contribution is 5.69. The zero-order chi connectivity index (χ0) is 19.1. The quantitative estimate of drug-likeness (QED) is 0.700. The lowest BCUT2D eigenvalue weighted by atomic mass is 9.96. The summed E-state index contributed by atoms with van der Waals surface area (Å²) in [7, 11) is 0. The number of aromatic nitrogens is 5. The van der Waals surface area contributed by atoms with E-state index in [4.69, 9.17) is 5.10 Å². The van der Waals surface area contributed by atoms with Crippen LogP contribution in [0.2, 0.25) is 0 Å². The van der Waals surface area contributed by atoms with Gasteiger partial charge in [0.1, 0.15) is 5.52 Å². The lowest BCUT2D eigenvalue weighted by molar-refractivity contribution is 0.331. The number of hydrogen-bond donors (Lipinski definition) is 0. The Bertz CT molecular complexity index is 1060. The number of hydrogen-bond acceptors (Lipinski definition) is 5. The van der Waals surface area contributed by atoms with E-state index in [1.54, 1.807) is 4.68 Å². The van der Waals surface area contributed by atoms with E-state index in [1.807, 2.05) is 29.9 Å². The average Bonchev–Trinajstić information content (AvgIpc) is 3.09. The van der Waals surface area contributed by atoms with Crippen LogP contribution in [-0.4, -0.2) is 37.5 Å². The summed E-state index contributed by atoms with van der Waals surface area (Å²) < 4.78 is 3.62. The molecular weight excluding hydrogens is 352 g/mol. The summed E-state index contributed by atoms with van der Waals surface area (Å²) in [5, 5.41) is 9.18. The molecule has 0 N–H and O–H groups in total. The number of anilines is 1. The number of piperidine rings is 1. The summed E-state index contributed by atoms with van der Waals surface area (Å²) in [6.07, 6.45) is 10.2. The molecule has 2 aliphatic rings. The highest BCUT2D eigenvalue weighted by atomic mass is 16.1. The Balaban J connectivity index is 1.29. The Morgan fingerprint density at radius 3 is 2.79 bits per heavy atom. The molecule has 0 amide bonds. The van der Waals surface area contributed by atoms with E-state index in [0.717, 1.165) is 73.6 Å². The summed E-state index contributed by atoms with van der Waals surface area (Å²) in [5.74, 6) is 1.49. The van der Waals surface area contributed by atoms with Gasteiger partial charge in [-0.3, -0.25) is 4.79 Å². The third kappa shape index (κ3) is 3.19. The van der Waals surface area contributed by atoms with Gasteiger partial charge in [0.25, 0.3) is 5.56 Å². The van der Waals surface area contributed by atoms with Crippen LogP contribution in [0.15, 0.2) is 29.3 Å². The maximum atomic E-state index is 12.5. The standard InChI is InChI=1S/C21H26N6O/c1-15-12-19-21(22-8-11-26(19)23-15)25-9-6-16(7-10-25)14-27-20(28)13-17-4-2-3-5-18(17)24-27/h8,11-13,16H,2-7,9-10,14H2,1H3. The minimum Gasteiger partial charge on any atom is -0.355 e. The van der Waals surface area contributed by atoms with Crippen LogP contribution in [0, 0.1) is 12.8 Å². The number of aryl methyl sites for hydroxylation is 3. The van der Waals surface area contributed by atoms with Gasteiger partial charge in [-0.05, 0) is 63.0 Å². The summed E-state index contributed by atoms with van der Waals surface area (Å²) in [4.78, 5) is 19.4. The van der Waals surface area contributed by atoms with Crippen LogP contribution in [0.3, 0.4) is 0 Å². The van der Waals surface area contributed by atoms with Crippen LogP contribution in [0.1, 0.15) is 42.6 Å². The van der Waals surface area contributed by atoms with Gasteiger partial charge in [-0.2, -0.15) is 10.2 Å². The van der Waals surface area contributed by atoms with Gasteiger partial charge in [0.2, 0.25) is 0 Å². The van der Waals surface area contributed by atoms with Gasteiger partial charge < -0.3 is 4.90 Å². The van der Waals surface area contributed by atoms with E-state index in [1.165, 1.54) is 12.8 Å². The Hall–Kier alpha value is -2.70. The molecule has 1 aliphatic heterocycles. The van der Waals surface area contributed by atoms with Crippen molar-refractivity contribution in [2.75, 3.05) is 18.0 Å². The normalized spacial score (nSPS) is 17.8. The van der Waals surface area contributed by atoms with Crippen molar-refractivity contribution >= 4 is 11.3 Å². The van der Waals surface area contributed by atoms with E-state index in [-0.39, 0.29) is 5.56 Å². The van der Waals surface area contributed by atoms with Crippen molar-refractivity contribution < 1.29 is 0 Å². The number of rotatable bonds is 3. The first-order chi connectivity index (χ1) is 13.7. The minimum absolute atomic E-state index is 0.0595. The Morgan fingerprint density at radius 2 is 1.93 bits per heavy atom. The van der Waals surface area contributed by atoms with Crippen LogP contribution in [-0.2, 0) is 19.4 Å². The summed E-state index contributed by atoms with van der Waals surface area (Å²) in [6.45, 7) is 4.62. The molecule has 0 aromatic carbocycles. The molecule has 7 heteroatoms. The summed E-state index contributed by atoms with van der Waals surface area (Å²) in [6, 6.07) is 3.91. The molecule has 1 saturated heterocycles. The number of fused-ring (bicyclic) bond motifs is 2. The lowest BCUT2D eigenvalue weighted by Crippen LogP contribution is -2.37. The lowest BCUT2D eigenvalue weighted by Gasteiger charge is -2.33. The largest absolute Gasteiger partial charge is 0.355 e. The first-order valence-electron chi connectivity index (χ1n) is 10.3. The van der Waals surface area contributed by atoms with Gasteiger partial charge in [-0.15, -0.1) is 0 Å². The highest BCUT2D eigenvalue weighted by Gasteiger charge is 2.23. The molecular formula is C21H26N6O. The molecule has 1 aliphatic carbocycles. The number of nitrogens with zero attached hydrogens (tertiary/aromatic N) is 6. The molecule has 1 fully saturated rings. The predicted molar refractivity (Wildman–Crippen MR) is 108 cm³/mol. The van der Waals surface area contributed by atoms with Gasteiger partial charge >= 0.3 is 0 Å². The monoisotopic (exact) mass is 378 g/mol. The van der Waals surface area contributed by atoms with Crippen LogP contribution in [0.4, 0.5) is 5.82 Å². The third-order valence-electron chi connectivity index (χ3n) is 6.11. The molecule has 0 saturated carbocycles. The van der Waals surface area contributed by atoms with Crippen molar-refractivity contribution in [2.45, 2.75) is 52.0 Å². The second-order valence-corrected chi connectivity index (χ2v) is 8.14. The fourth-order valence-corrected chi connectivity index (χ4v) is 4.58. The fraction of sp³-hybridized carbons (Fsp3) is 0.524. The van der Waals surface area contributed by atoms with Gasteiger partial charge in [-0.25, -0.2) is 14.2 Å². The Kier molecular flexibility index (Phi) is 4.37. The second kappa shape index (κ2) is 7.04. The maximum absolute atomic E-state index is 12.5. The van der Waals surface area contributed by atoms with Crippen molar-refractivity contribution in [1.29, 1.82) is 0 Å². The van der Waals surface area contributed by atoms with Crippen molar-refractivity contribution in [3.05, 3.63) is 51.8 Å². The van der Waals surface area contributed by atoms with E-state index in [0.29, 0.717) is 5.92 Å². The zero-order valence-electron chi connectivity index (χ0n) is 16.3. The third-order valence-corrected chi connectivity index (χ3v) is 6.11. The zero-order valence-corrected chi connectivity index (χ0v) is 16.3. The van der Waals surface area contributed by atoms with Crippen LogP contribution < -0.4 is 10.5 Å². The van der Waals surface area contributed by atoms with Crippen LogP contribution in [0.5, 0.6) is 0 Å². The van der Waals surface area contributed by atoms with E-state index in [9.17, 15) is 4.79 Å². The molecule has 0 bridgehead atoms. The molecule has 146 valence electrons. The molecule has 28 heavy (non-hydrogen) atoms. The highest BCUT2D eigenvalue weighted by Crippen LogP contribution is 2.26. The molecule has 0 radical (unpaired) electrons. The molecule has 3 aromatic rings. The van der Waals surface area contributed by atoms with E-state index < -0.39 is 0 Å². The first-order valence-corrected chi connectivity index (χ1v) is 10.3. The van der Waals surface area contributed by atoms with Crippen LogP contribution in [0.25, 0.3) is 5.52 Å². The molecule has 0 spiro atoms. The van der Waals surface area contributed by atoms with Crippen molar-refractivity contribution in [2.24, 2.45) is 5.92 Å². The van der Waals surface area contributed by atoms with E-state index in [2.05, 4.69) is 21.0 Å². The molecule has 0 atom stereocenters. The Labute approximate surface area is 164 Å². The maximum Gasteiger partial charge on any atom is 0.267 e. The van der Waals surface area contributed by atoms with Crippen LogP contribution >= 0.6 is 0 Å². The topological polar surface area (TPSA) is 68.3 Å². The molecule has 0 unspecified atom stereocenters. The smallest absolute Gasteiger partial charge is 0.267 e. The average molecular weight is 378 g/mol. The molecule has 4 heterocycles. The SMILES string of the molecule is Cc1cc2c(N3CCC(Cn4nc5c(cc4=O)CCCC5)CC3)nccn2n1.